The van der Waals surface area contributed by atoms with Gasteiger partial charge in [0, 0.05) is 49.2 Å². The van der Waals surface area contributed by atoms with Crippen LogP contribution in [0.1, 0.15) is 46.8 Å². The summed E-state index contributed by atoms with van der Waals surface area (Å²) in [5.74, 6) is 0.484. The number of carbonyl (C=O) groups is 1. The molecule has 0 aliphatic carbocycles. The van der Waals surface area contributed by atoms with Crippen LogP contribution in [0.5, 0.6) is 0 Å². The van der Waals surface area contributed by atoms with Crippen molar-refractivity contribution in [2.75, 3.05) is 13.1 Å². The average molecular weight is 386 g/mol. The summed E-state index contributed by atoms with van der Waals surface area (Å²) in [6, 6.07) is 18.7. The lowest BCUT2D eigenvalue weighted by Crippen LogP contribution is -2.40. The van der Waals surface area contributed by atoms with Crippen LogP contribution < -0.4 is 0 Å². The number of aryl methyl sites for hydroxylation is 1. The zero-order chi connectivity index (χ0) is 20.1. The number of nitrogens with zero attached hydrogens (tertiary/aromatic N) is 3. The summed E-state index contributed by atoms with van der Waals surface area (Å²) < 4.78 is 0. The van der Waals surface area contributed by atoms with Crippen LogP contribution in [-0.4, -0.2) is 33.9 Å². The number of likely N-dealkylation sites (tertiary alicyclic amines) is 1. The van der Waals surface area contributed by atoms with Crippen molar-refractivity contribution >= 4 is 5.91 Å². The second kappa shape index (κ2) is 8.99. The predicted octanol–water partition coefficient (Wildman–Crippen LogP) is 4.32. The van der Waals surface area contributed by atoms with Gasteiger partial charge in [-0.3, -0.25) is 14.8 Å². The molecule has 1 fully saturated rings. The van der Waals surface area contributed by atoms with E-state index in [1.807, 2.05) is 17.0 Å². The number of amides is 1. The minimum atomic E-state index is 0.179. The molecule has 0 spiro atoms. The molecule has 0 unspecified atom stereocenters. The van der Waals surface area contributed by atoms with Gasteiger partial charge in [-0.15, -0.1) is 0 Å². The van der Waals surface area contributed by atoms with Crippen molar-refractivity contribution in [3.63, 3.8) is 0 Å². The van der Waals surface area contributed by atoms with E-state index in [0.29, 0.717) is 12.3 Å². The Morgan fingerprint density at radius 3 is 2.79 bits per heavy atom. The van der Waals surface area contributed by atoms with Gasteiger partial charge >= 0.3 is 0 Å². The minimum absolute atomic E-state index is 0.179. The summed E-state index contributed by atoms with van der Waals surface area (Å²) in [7, 11) is 0. The van der Waals surface area contributed by atoms with Gasteiger partial charge in [0.1, 0.15) is 0 Å². The van der Waals surface area contributed by atoms with Crippen molar-refractivity contribution in [2.45, 2.75) is 38.5 Å². The summed E-state index contributed by atoms with van der Waals surface area (Å²) in [6.45, 7) is 3.70. The zero-order valence-corrected chi connectivity index (χ0v) is 16.9. The molecule has 1 saturated heterocycles. The molecule has 0 N–H and O–H groups in total. The smallest absolute Gasteiger partial charge is 0.227 e. The molecule has 1 aliphatic rings. The fraction of sp³-hybridized carbons (Fsp3) is 0.320. The molecule has 0 radical (unpaired) electrons. The highest BCUT2D eigenvalue weighted by atomic mass is 16.2. The maximum absolute atomic E-state index is 12.8. The number of piperidine rings is 1. The van der Waals surface area contributed by atoms with E-state index in [1.54, 1.807) is 12.4 Å². The molecule has 1 amide bonds. The summed E-state index contributed by atoms with van der Waals surface area (Å²) in [5.41, 5.74) is 5.72. The number of benzene rings is 1. The molecule has 4 nitrogen and oxygen atoms in total. The number of carbonyl (C=O) groups excluding carboxylic acids is 1. The highest BCUT2D eigenvalue weighted by Gasteiger charge is 2.25. The first-order chi connectivity index (χ1) is 14.2. The van der Waals surface area contributed by atoms with Gasteiger partial charge in [0.15, 0.2) is 0 Å². The molecule has 1 aliphatic heterocycles. The van der Waals surface area contributed by atoms with Crippen LogP contribution in [0.3, 0.4) is 0 Å². The Labute approximate surface area is 172 Å². The highest BCUT2D eigenvalue weighted by molar-refractivity contribution is 5.78. The Kier molecular flexibility index (Phi) is 5.99. The lowest BCUT2D eigenvalue weighted by Gasteiger charge is -2.32. The Morgan fingerprint density at radius 1 is 1.10 bits per heavy atom. The van der Waals surface area contributed by atoms with E-state index in [0.717, 1.165) is 49.3 Å². The van der Waals surface area contributed by atoms with Crippen molar-refractivity contribution in [2.24, 2.45) is 0 Å². The fourth-order valence-corrected chi connectivity index (χ4v) is 4.09. The topological polar surface area (TPSA) is 46.1 Å². The number of hydrogen-bond donors (Lipinski definition) is 0. The van der Waals surface area contributed by atoms with E-state index in [4.69, 9.17) is 4.98 Å². The van der Waals surface area contributed by atoms with Crippen LogP contribution >= 0.6 is 0 Å². The van der Waals surface area contributed by atoms with Gasteiger partial charge in [-0.05, 0) is 49.1 Å². The molecule has 1 atom stereocenters. The largest absolute Gasteiger partial charge is 0.342 e. The van der Waals surface area contributed by atoms with E-state index in [-0.39, 0.29) is 5.91 Å². The van der Waals surface area contributed by atoms with Gasteiger partial charge in [0.05, 0.1) is 6.42 Å². The first-order valence-electron chi connectivity index (χ1n) is 10.4. The molecule has 3 aromatic rings. The molecule has 4 rings (SSSR count). The van der Waals surface area contributed by atoms with Crippen molar-refractivity contribution in [3.8, 4) is 0 Å². The summed E-state index contributed by atoms with van der Waals surface area (Å²) >= 11 is 0. The Balaban J connectivity index is 1.43. The summed E-state index contributed by atoms with van der Waals surface area (Å²) in [6.07, 6.45) is 6.87. The van der Waals surface area contributed by atoms with Gasteiger partial charge < -0.3 is 4.90 Å². The SMILES string of the molecule is Cc1cccc(Cc2cccc([C@H]3CCCN(C(=O)Cc4cccnc4)C3)n2)c1. The molecule has 2 aromatic heterocycles. The minimum Gasteiger partial charge on any atom is -0.342 e. The Morgan fingerprint density at radius 2 is 1.97 bits per heavy atom. The molecular formula is C25H27N3O. The Bertz CT molecular complexity index is 971. The number of hydrogen-bond acceptors (Lipinski definition) is 3. The monoisotopic (exact) mass is 385 g/mol. The molecule has 0 saturated carbocycles. The van der Waals surface area contributed by atoms with Crippen LogP contribution in [0.15, 0.2) is 67.0 Å². The van der Waals surface area contributed by atoms with E-state index >= 15 is 0 Å². The average Bonchev–Trinajstić information content (AvgIpc) is 2.75. The molecular weight excluding hydrogens is 358 g/mol. The standard InChI is InChI=1S/C25H27N3O/c1-19-6-2-7-20(14-19)15-23-10-3-11-24(27-23)22-9-5-13-28(18-22)25(29)16-21-8-4-12-26-17-21/h2-4,6-8,10-12,14,17,22H,5,9,13,15-16,18H2,1H3/t22-/m0/s1. The Hall–Kier alpha value is -3.01. The van der Waals surface area contributed by atoms with Gasteiger partial charge in [0.2, 0.25) is 5.91 Å². The number of rotatable bonds is 5. The third-order valence-electron chi connectivity index (χ3n) is 5.57. The summed E-state index contributed by atoms with van der Waals surface area (Å²) in [4.78, 5) is 23.8. The van der Waals surface area contributed by atoms with Gasteiger partial charge in [-0.2, -0.15) is 0 Å². The fourth-order valence-electron chi connectivity index (χ4n) is 4.09. The van der Waals surface area contributed by atoms with Crippen molar-refractivity contribution < 1.29 is 4.79 Å². The second-order valence-electron chi connectivity index (χ2n) is 7.94. The number of pyridine rings is 2. The van der Waals surface area contributed by atoms with Gasteiger partial charge in [-0.1, -0.05) is 42.0 Å². The maximum Gasteiger partial charge on any atom is 0.227 e. The first kappa shape index (κ1) is 19.3. The molecule has 3 heterocycles. The number of aromatic nitrogens is 2. The van der Waals surface area contributed by atoms with E-state index in [9.17, 15) is 4.79 Å². The maximum atomic E-state index is 12.8. The zero-order valence-electron chi connectivity index (χ0n) is 16.9. The van der Waals surface area contributed by atoms with E-state index < -0.39 is 0 Å². The van der Waals surface area contributed by atoms with Crippen LogP contribution in [0.2, 0.25) is 0 Å². The van der Waals surface area contributed by atoms with Crippen molar-refractivity contribution in [3.05, 3.63) is 95.1 Å². The van der Waals surface area contributed by atoms with Crippen molar-refractivity contribution in [1.29, 1.82) is 0 Å². The lowest BCUT2D eigenvalue weighted by atomic mass is 9.93. The molecule has 148 valence electrons. The second-order valence-corrected chi connectivity index (χ2v) is 7.94. The van der Waals surface area contributed by atoms with Crippen molar-refractivity contribution in [1.82, 2.24) is 14.9 Å². The molecule has 4 heteroatoms. The quantitative estimate of drug-likeness (QED) is 0.657. The highest BCUT2D eigenvalue weighted by Crippen LogP contribution is 2.26. The van der Waals surface area contributed by atoms with Crippen LogP contribution in [0.25, 0.3) is 0 Å². The molecule has 29 heavy (non-hydrogen) atoms. The third-order valence-corrected chi connectivity index (χ3v) is 5.57. The van der Waals surface area contributed by atoms with E-state index in [1.165, 1.54) is 11.1 Å². The molecule has 0 bridgehead atoms. The molecule has 1 aromatic carbocycles. The van der Waals surface area contributed by atoms with Crippen LogP contribution in [-0.2, 0) is 17.6 Å². The van der Waals surface area contributed by atoms with E-state index in [2.05, 4.69) is 54.4 Å². The predicted molar refractivity (Wildman–Crippen MR) is 115 cm³/mol. The van der Waals surface area contributed by atoms with Crippen LogP contribution in [0.4, 0.5) is 0 Å². The summed E-state index contributed by atoms with van der Waals surface area (Å²) in [5, 5.41) is 0. The van der Waals surface area contributed by atoms with Gasteiger partial charge in [0.25, 0.3) is 0 Å². The van der Waals surface area contributed by atoms with Crippen LogP contribution in [0, 0.1) is 6.92 Å². The normalized spacial score (nSPS) is 16.6. The first-order valence-corrected chi connectivity index (χ1v) is 10.4. The third kappa shape index (κ3) is 5.08. The van der Waals surface area contributed by atoms with Gasteiger partial charge in [-0.25, -0.2) is 0 Å². The lowest BCUT2D eigenvalue weighted by molar-refractivity contribution is -0.131.